The quantitative estimate of drug-likeness (QED) is 0.683. The Balaban J connectivity index is 0.00000169. The third-order valence-electron chi connectivity index (χ3n) is 3.52. The molecule has 0 radical (unpaired) electrons. The predicted octanol–water partition coefficient (Wildman–Crippen LogP) is 4.38. The molecule has 1 N–H and O–H groups in total. The van der Waals surface area contributed by atoms with Crippen LogP contribution in [0, 0.1) is 5.82 Å². The highest BCUT2D eigenvalue weighted by atomic mass is 35.5. The van der Waals surface area contributed by atoms with Crippen molar-refractivity contribution in [3.63, 3.8) is 0 Å². The lowest BCUT2D eigenvalue weighted by molar-refractivity contribution is 0.327. The van der Waals surface area contributed by atoms with Crippen molar-refractivity contribution in [2.45, 2.75) is 0 Å². The molecule has 0 saturated heterocycles. The Hall–Kier alpha value is -2.51. The molecule has 0 amide bonds. The minimum atomic E-state index is -0.343. The maximum absolute atomic E-state index is 13.4. The van der Waals surface area contributed by atoms with E-state index in [9.17, 15) is 4.39 Å². The largest absolute Gasteiger partial charge is 0.493 e. The average molecular weight is 402 g/mol. The lowest BCUT2D eigenvalue weighted by Gasteiger charge is -2.16. The van der Waals surface area contributed by atoms with Gasteiger partial charge in [0.1, 0.15) is 18.0 Å². The van der Waals surface area contributed by atoms with Gasteiger partial charge in [0.25, 0.3) is 0 Å². The van der Waals surface area contributed by atoms with Gasteiger partial charge in [-0.2, -0.15) is 0 Å². The second-order valence-electron chi connectivity index (χ2n) is 4.90. The van der Waals surface area contributed by atoms with E-state index in [1.54, 1.807) is 18.2 Å². The van der Waals surface area contributed by atoms with Crippen molar-refractivity contribution in [1.82, 2.24) is 9.97 Å². The molecule has 0 spiro atoms. The molecular weight excluding hydrogens is 384 g/mol. The van der Waals surface area contributed by atoms with Gasteiger partial charge in [0.2, 0.25) is 5.75 Å². The van der Waals surface area contributed by atoms with Crippen LogP contribution in [0.1, 0.15) is 0 Å². The molecule has 0 unspecified atom stereocenters. The van der Waals surface area contributed by atoms with E-state index in [0.717, 1.165) is 0 Å². The lowest BCUT2D eigenvalue weighted by Crippen LogP contribution is -2.01. The zero-order chi connectivity index (χ0) is 17.1. The van der Waals surface area contributed by atoms with Crippen LogP contribution < -0.4 is 19.5 Å². The zero-order valence-electron chi connectivity index (χ0n) is 14.3. The number of ether oxygens (including phenoxy) is 3. The average Bonchev–Trinajstić information content (AvgIpc) is 2.60. The highest BCUT2D eigenvalue weighted by Crippen LogP contribution is 2.45. The molecule has 0 fully saturated rings. The zero-order valence-corrected chi connectivity index (χ0v) is 15.9. The fourth-order valence-corrected chi connectivity index (χ4v) is 2.49. The number of hydrogen-bond acceptors (Lipinski definition) is 6. The SMILES string of the molecule is COc1cc2ncnc(Nc3cccc(F)c3)c2c(OC)c1OC.Cl.Cl. The highest BCUT2D eigenvalue weighted by molar-refractivity contribution is 5.99. The van der Waals surface area contributed by atoms with Crippen LogP contribution in [0.2, 0.25) is 0 Å². The first kappa shape index (κ1) is 21.5. The summed E-state index contributed by atoms with van der Waals surface area (Å²) in [7, 11) is 4.58. The van der Waals surface area contributed by atoms with Gasteiger partial charge in [0, 0.05) is 11.8 Å². The minimum absolute atomic E-state index is 0. The lowest BCUT2D eigenvalue weighted by atomic mass is 10.1. The molecule has 0 saturated carbocycles. The Morgan fingerprint density at radius 3 is 2.27 bits per heavy atom. The summed E-state index contributed by atoms with van der Waals surface area (Å²) >= 11 is 0. The standard InChI is InChI=1S/C17H16FN3O3.2ClH/c1-22-13-8-12-14(16(24-3)15(13)23-2)17(20-9-19-12)21-11-6-4-5-10(18)7-11;;/h4-9H,1-3H3,(H,19,20,21);2*1H. The topological polar surface area (TPSA) is 65.5 Å². The molecule has 1 heterocycles. The van der Waals surface area contributed by atoms with Gasteiger partial charge in [0.15, 0.2) is 11.5 Å². The van der Waals surface area contributed by atoms with Crippen LogP contribution >= 0.6 is 24.8 Å². The van der Waals surface area contributed by atoms with Gasteiger partial charge >= 0.3 is 0 Å². The summed E-state index contributed by atoms with van der Waals surface area (Å²) in [4.78, 5) is 8.50. The second-order valence-corrected chi connectivity index (χ2v) is 4.90. The molecule has 9 heteroatoms. The number of hydrogen-bond donors (Lipinski definition) is 1. The first-order valence-electron chi connectivity index (χ1n) is 7.14. The second kappa shape index (κ2) is 9.26. The molecule has 140 valence electrons. The first-order chi connectivity index (χ1) is 11.7. The Bertz CT molecular complexity index is 897. The third-order valence-corrected chi connectivity index (χ3v) is 3.52. The fraction of sp³-hybridized carbons (Fsp3) is 0.176. The first-order valence-corrected chi connectivity index (χ1v) is 7.14. The molecular formula is C17H18Cl2FN3O3. The molecule has 26 heavy (non-hydrogen) atoms. The molecule has 0 bridgehead atoms. The van der Waals surface area contributed by atoms with Crippen molar-refractivity contribution in [3.05, 3.63) is 42.5 Å². The van der Waals surface area contributed by atoms with Crippen molar-refractivity contribution in [2.24, 2.45) is 0 Å². The molecule has 0 aliphatic carbocycles. The van der Waals surface area contributed by atoms with E-state index < -0.39 is 0 Å². The summed E-state index contributed by atoms with van der Waals surface area (Å²) in [6.07, 6.45) is 1.41. The molecule has 3 aromatic rings. The van der Waals surface area contributed by atoms with Gasteiger partial charge in [-0.3, -0.25) is 0 Å². The van der Waals surface area contributed by atoms with Crippen LogP contribution in [0.4, 0.5) is 15.9 Å². The van der Waals surface area contributed by atoms with Crippen LogP contribution in [0.15, 0.2) is 36.7 Å². The number of anilines is 2. The van der Waals surface area contributed by atoms with Crippen molar-refractivity contribution in [1.29, 1.82) is 0 Å². The number of nitrogens with one attached hydrogen (secondary N) is 1. The van der Waals surface area contributed by atoms with E-state index in [1.165, 1.54) is 39.8 Å². The van der Waals surface area contributed by atoms with E-state index in [-0.39, 0.29) is 30.6 Å². The molecule has 2 aromatic carbocycles. The van der Waals surface area contributed by atoms with Crippen LogP contribution in [0.5, 0.6) is 17.2 Å². The summed E-state index contributed by atoms with van der Waals surface area (Å²) in [6, 6.07) is 7.83. The van der Waals surface area contributed by atoms with Crippen molar-refractivity contribution >= 4 is 47.2 Å². The molecule has 0 aliphatic heterocycles. The van der Waals surface area contributed by atoms with Gasteiger partial charge in [-0.25, -0.2) is 14.4 Å². The van der Waals surface area contributed by atoms with Crippen LogP contribution in [0.25, 0.3) is 10.9 Å². The van der Waals surface area contributed by atoms with Crippen LogP contribution in [-0.2, 0) is 0 Å². The molecule has 1 aromatic heterocycles. The molecule has 6 nitrogen and oxygen atoms in total. The Morgan fingerprint density at radius 1 is 0.923 bits per heavy atom. The Labute approximate surface area is 162 Å². The molecule has 0 aliphatic rings. The fourth-order valence-electron chi connectivity index (χ4n) is 2.49. The smallest absolute Gasteiger partial charge is 0.204 e. The normalized spacial score (nSPS) is 9.69. The number of fused-ring (bicyclic) bond motifs is 1. The minimum Gasteiger partial charge on any atom is -0.493 e. The maximum atomic E-state index is 13.4. The molecule has 0 atom stereocenters. The summed E-state index contributed by atoms with van der Waals surface area (Å²) < 4.78 is 29.6. The van der Waals surface area contributed by atoms with Gasteiger partial charge in [-0.1, -0.05) is 6.07 Å². The van der Waals surface area contributed by atoms with Gasteiger partial charge in [-0.05, 0) is 18.2 Å². The summed E-state index contributed by atoms with van der Waals surface area (Å²) in [5, 5.41) is 3.70. The number of halogens is 3. The van der Waals surface area contributed by atoms with Crippen molar-refractivity contribution < 1.29 is 18.6 Å². The number of methoxy groups -OCH3 is 3. The van der Waals surface area contributed by atoms with Gasteiger partial charge < -0.3 is 19.5 Å². The van der Waals surface area contributed by atoms with E-state index in [2.05, 4.69) is 15.3 Å². The summed E-state index contributed by atoms with van der Waals surface area (Å²) in [5.74, 6) is 1.50. The Morgan fingerprint density at radius 2 is 1.65 bits per heavy atom. The van der Waals surface area contributed by atoms with E-state index in [0.29, 0.717) is 39.7 Å². The third kappa shape index (κ3) is 4.00. The number of rotatable bonds is 5. The molecule has 3 rings (SSSR count). The number of nitrogens with zero attached hydrogens (tertiary/aromatic N) is 2. The maximum Gasteiger partial charge on any atom is 0.204 e. The number of aromatic nitrogens is 2. The van der Waals surface area contributed by atoms with Crippen LogP contribution in [0.3, 0.4) is 0 Å². The van der Waals surface area contributed by atoms with Gasteiger partial charge in [0.05, 0.1) is 32.2 Å². The van der Waals surface area contributed by atoms with Crippen LogP contribution in [-0.4, -0.2) is 31.3 Å². The highest BCUT2D eigenvalue weighted by Gasteiger charge is 2.20. The summed E-state index contributed by atoms with van der Waals surface area (Å²) in [5.41, 5.74) is 1.17. The number of benzene rings is 2. The van der Waals surface area contributed by atoms with Gasteiger partial charge in [-0.15, -0.1) is 24.8 Å². The van der Waals surface area contributed by atoms with Crippen molar-refractivity contribution in [3.8, 4) is 17.2 Å². The monoisotopic (exact) mass is 401 g/mol. The van der Waals surface area contributed by atoms with E-state index >= 15 is 0 Å². The van der Waals surface area contributed by atoms with Crippen molar-refractivity contribution in [2.75, 3.05) is 26.6 Å². The Kier molecular flexibility index (Phi) is 7.67. The summed E-state index contributed by atoms with van der Waals surface area (Å²) in [6.45, 7) is 0. The van der Waals surface area contributed by atoms with E-state index in [1.807, 2.05) is 0 Å². The predicted molar refractivity (Wildman–Crippen MR) is 103 cm³/mol. The van der Waals surface area contributed by atoms with E-state index in [4.69, 9.17) is 14.2 Å².